The molecule has 0 saturated carbocycles. The molecule has 0 aliphatic heterocycles. The van der Waals surface area contributed by atoms with Gasteiger partial charge in [0.15, 0.2) is 0 Å². The third-order valence-corrected chi connectivity index (χ3v) is 3.11. The van der Waals surface area contributed by atoms with Gasteiger partial charge < -0.3 is 10.2 Å². The van der Waals surface area contributed by atoms with Crippen LogP contribution in [0.15, 0.2) is 12.4 Å². The van der Waals surface area contributed by atoms with Crippen molar-refractivity contribution >= 4 is 17.5 Å². The van der Waals surface area contributed by atoms with Crippen molar-refractivity contribution in [3.63, 3.8) is 0 Å². The summed E-state index contributed by atoms with van der Waals surface area (Å²) < 4.78 is 0. The number of likely N-dealkylation sites (N-methyl/N-ethyl adjacent to an activating group) is 1. The average Bonchev–Trinajstić information content (AvgIpc) is 2.37. The summed E-state index contributed by atoms with van der Waals surface area (Å²) in [5, 5.41) is 3.02. The van der Waals surface area contributed by atoms with E-state index in [0.29, 0.717) is 12.6 Å². The van der Waals surface area contributed by atoms with E-state index in [-0.39, 0.29) is 16.8 Å². The number of carbonyl (C=O) groups is 1. The Balaban J connectivity index is 2.38. The lowest BCUT2D eigenvalue weighted by Crippen LogP contribution is -2.37. The van der Waals surface area contributed by atoms with E-state index in [9.17, 15) is 4.79 Å². The minimum atomic E-state index is -0.248. The standard InChI is InChI=1S/C12H19ClN4O/c1-4-9(2)17(3)6-5-15-12(18)10-7-14-8-11(13)16-10/h7-9H,4-6H2,1-3H3,(H,15,18). The van der Waals surface area contributed by atoms with Gasteiger partial charge in [0, 0.05) is 19.1 Å². The number of halogens is 1. The van der Waals surface area contributed by atoms with Crippen molar-refractivity contribution in [2.45, 2.75) is 26.3 Å². The summed E-state index contributed by atoms with van der Waals surface area (Å²) in [6, 6.07) is 0.507. The zero-order valence-corrected chi connectivity index (χ0v) is 11.7. The monoisotopic (exact) mass is 270 g/mol. The molecule has 0 aliphatic carbocycles. The minimum absolute atomic E-state index is 0.222. The SMILES string of the molecule is CCC(C)N(C)CCNC(=O)c1cncc(Cl)n1. The van der Waals surface area contributed by atoms with Gasteiger partial charge in [-0.3, -0.25) is 9.78 Å². The first-order valence-electron chi connectivity index (χ1n) is 6.00. The summed E-state index contributed by atoms with van der Waals surface area (Å²) >= 11 is 5.67. The van der Waals surface area contributed by atoms with Crippen molar-refractivity contribution in [2.24, 2.45) is 0 Å². The van der Waals surface area contributed by atoms with Gasteiger partial charge in [-0.15, -0.1) is 0 Å². The van der Waals surface area contributed by atoms with Gasteiger partial charge in [0.2, 0.25) is 0 Å². The van der Waals surface area contributed by atoms with Crippen molar-refractivity contribution in [3.05, 3.63) is 23.2 Å². The summed E-state index contributed by atoms with van der Waals surface area (Å²) in [5.41, 5.74) is 0.244. The van der Waals surface area contributed by atoms with Crippen molar-refractivity contribution in [3.8, 4) is 0 Å². The zero-order valence-electron chi connectivity index (χ0n) is 11.0. The number of nitrogens with zero attached hydrogens (tertiary/aromatic N) is 3. The molecule has 1 aromatic rings. The molecule has 100 valence electrons. The second kappa shape index (κ2) is 7.28. The fraction of sp³-hybridized carbons (Fsp3) is 0.583. The van der Waals surface area contributed by atoms with E-state index in [2.05, 4.69) is 34.0 Å². The number of aromatic nitrogens is 2. The van der Waals surface area contributed by atoms with Crippen LogP contribution in [0.3, 0.4) is 0 Å². The first-order chi connectivity index (χ1) is 8.54. The number of hydrogen-bond donors (Lipinski definition) is 1. The lowest BCUT2D eigenvalue weighted by atomic mass is 10.2. The van der Waals surface area contributed by atoms with Crippen LogP contribution >= 0.6 is 11.6 Å². The van der Waals surface area contributed by atoms with E-state index in [1.807, 2.05) is 7.05 Å². The number of hydrogen-bond acceptors (Lipinski definition) is 4. The second-order valence-corrected chi connectivity index (χ2v) is 4.61. The van der Waals surface area contributed by atoms with Crippen LogP contribution in [0.4, 0.5) is 0 Å². The highest BCUT2D eigenvalue weighted by molar-refractivity contribution is 6.29. The molecule has 0 radical (unpaired) electrons. The molecule has 0 bridgehead atoms. The Morgan fingerprint density at radius 3 is 2.89 bits per heavy atom. The van der Waals surface area contributed by atoms with Crippen molar-refractivity contribution in [1.82, 2.24) is 20.2 Å². The van der Waals surface area contributed by atoms with Crippen LogP contribution in [0.1, 0.15) is 30.8 Å². The molecule has 1 heterocycles. The second-order valence-electron chi connectivity index (χ2n) is 4.22. The third kappa shape index (κ3) is 4.58. The normalized spacial score (nSPS) is 12.5. The van der Waals surface area contributed by atoms with Gasteiger partial charge in [0.05, 0.1) is 12.4 Å². The van der Waals surface area contributed by atoms with E-state index in [1.165, 1.54) is 12.4 Å². The quantitative estimate of drug-likeness (QED) is 0.853. The molecule has 1 unspecified atom stereocenters. The minimum Gasteiger partial charge on any atom is -0.349 e. The molecular weight excluding hydrogens is 252 g/mol. The van der Waals surface area contributed by atoms with Crippen LogP contribution in [0.25, 0.3) is 0 Å². The van der Waals surface area contributed by atoms with Crippen LogP contribution in [-0.2, 0) is 0 Å². The lowest BCUT2D eigenvalue weighted by Gasteiger charge is -2.23. The summed E-state index contributed by atoms with van der Waals surface area (Å²) in [4.78, 5) is 21.6. The molecule has 0 spiro atoms. The number of nitrogens with one attached hydrogen (secondary N) is 1. The Hall–Kier alpha value is -1.20. The molecule has 1 N–H and O–H groups in total. The van der Waals surface area contributed by atoms with Crippen LogP contribution in [0.5, 0.6) is 0 Å². The number of amides is 1. The lowest BCUT2D eigenvalue weighted by molar-refractivity contribution is 0.0942. The van der Waals surface area contributed by atoms with Gasteiger partial charge in [-0.05, 0) is 20.4 Å². The molecule has 0 aromatic carbocycles. The van der Waals surface area contributed by atoms with Gasteiger partial charge in [-0.1, -0.05) is 18.5 Å². The van der Waals surface area contributed by atoms with Crippen molar-refractivity contribution in [1.29, 1.82) is 0 Å². The van der Waals surface area contributed by atoms with Gasteiger partial charge in [-0.25, -0.2) is 4.98 Å². The average molecular weight is 271 g/mol. The summed E-state index contributed by atoms with van der Waals surface area (Å²) in [5.74, 6) is -0.248. The maximum Gasteiger partial charge on any atom is 0.271 e. The molecule has 1 atom stereocenters. The molecule has 0 aliphatic rings. The summed E-state index contributed by atoms with van der Waals surface area (Å²) in [6.07, 6.45) is 3.89. The van der Waals surface area contributed by atoms with E-state index < -0.39 is 0 Å². The fourth-order valence-electron chi connectivity index (χ4n) is 1.42. The Bertz CT molecular complexity index is 399. The molecule has 1 amide bonds. The van der Waals surface area contributed by atoms with Crippen LogP contribution in [0.2, 0.25) is 5.15 Å². The predicted octanol–water partition coefficient (Wildman–Crippen LogP) is 1.59. The highest BCUT2D eigenvalue weighted by Gasteiger charge is 2.09. The predicted molar refractivity (Wildman–Crippen MR) is 71.8 cm³/mol. The highest BCUT2D eigenvalue weighted by Crippen LogP contribution is 2.02. The van der Waals surface area contributed by atoms with Gasteiger partial charge in [0.1, 0.15) is 10.8 Å². The van der Waals surface area contributed by atoms with Crippen molar-refractivity contribution in [2.75, 3.05) is 20.1 Å². The van der Waals surface area contributed by atoms with Crippen molar-refractivity contribution < 1.29 is 4.79 Å². The molecule has 5 nitrogen and oxygen atoms in total. The third-order valence-electron chi connectivity index (χ3n) is 2.93. The van der Waals surface area contributed by atoms with Crippen LogP contribution in [0, 0.1) is 0 Å². The highest BCUT2D eigenvalue weighted by atomic mass is 35.5. The fourth-order valence-corrected chi connectivity index (χ4v) is 1.57. The van der Waals surface area contributed by atoms with Gasteiger partial charge >= 0.3 is 0 Å². The first kappa shape index (κ1) is 14.9. The topological polar surface area (TPSA) is 58.1 Å². The molecule has 1 rings (SSSR count). The Morgan fingerprint density at radius 1 is 1.56 bits per heavy atom. The van der Waals surface area contributed by atoms with Gasteiger partial charge in [0.25, 0.3) is 5.91 Å². The molecule has 0 fully saturated rings. The maximum absolute atomic E-state index is 11.7. The number of carbonyl (C=O) groups excluding carboxylic acids is 1. The molecule has 0 saturated heterocycles. The summed E-state index contributed by atoms with van der Waals surface area (Å²) in [7, 11) is 2.04. The Kier molecular flexibility index (Phi) is 6.01. The van der Waals surface area contributed by atoms with E-state index in [1.54, 1.807) is 0 Å². The Morgan fingerprint density at radius 2 is 2.28 bits per heavy atom. The molecular formula is C12H19ClN4O. The summed E-state index contributed by atoms with van der Waals surface area (Å²) in [6.45, 7) is 5.67. The maximum atomic E-state index is 11.7. The molecule has 18 heavy (non-hydrogen) atoms. The van der Waals surface area contributed by atoms with E-state index >= 15 is 0 Å². The Labute approximate surface area is 113 Å². The van der Waals surface area contributed by atoms with Gasteiger partial charge in [-0.2, -0.15) is 0 Å². The molecule has 1 aromatic heterocycles. The smallest absolute Gasteiger partial charge is 0.271 e. The van der Waals surface area contributed by atoms with Crippen LogP contribution in [-0.4, -0.2) is 47.0 Å². The first-order valence-corrected chi connectivity index (χ1v) is 6.38. The van der Waals surface area contributed by atoms with Crippen LogP contribution < -0.4 is 5.32 Å². The largest absolute Gasteiger partial charge is 0.349 e. The molecule has 6 heteroatoms. The van der Waals surface area contributed by atoms with E-state index in [4.69, 9.17) is 11.6 Å². The van der Waals surface area contributed by atoms with E-state index in [0.717, 1.165) is 13.0 Å². The number of rotatable bonds is 6. The zero-order chi connectivity index (χ0) is 13.5.